The Morgan fingerprint density at radius 2 is 2.00 bits per heavy atom. The van der Waals surface area contributed by atoms with E-state index < -0.39 is 6.23 Å². The molecule has 15 heavy (non-hydrogen) atoms. The van der Waals surface area contributed by atoms with Gasteiger partial charge in [0.2, 0.25) is 0 Å². The Kier molecular flexibility index (Phi) is 3.80. The van der Waals surface area contributed by atoms with E-state index in [9.17, 15) is 5.11 Å². The van der Waals surface area contributed by atoms with Crippen molar-refractivity contribution in [2.24, 2.45) is 16.6 Å². The molecular formula is C12H26N2O. The van der Waals surface area contributed by atoms with Gasteiger partial charge >= 0.3 is 0 Å². The van der Waals surface area contributed by atoms with Crippen molar-refractivity contribution < 1.29 is 5.11 Å². The molecule has 3 unspecified atom stereocenters. The van der Waals surface area contributed by atoms with Gasteiger partial charge in [-0.15, -0.1) is 0 Å². The van der Waals surface area contributed by atoms with Crippen molar-refractivity contribution >= 4 is 0 Å². The van der Waals surface area contributed by atoms with E-state index in [1.54, 1.807) is 6.92 Å². The lowest BCUT2D eigenvalue weighted by Crippen LogP contribution is -2.49. The van der Waals surface area contributed by atoms with Crippen LogP contribution < -0.4 is 11.1 Å². The first kappa shape index (κ1) is 12.9. The molecule has 4 N–H and O–H groups in total. The van der Waals surface area contributed by atoms with E-state index in [1.807, 2.05) is 0 Å². The van der Waals surface area contributed by atoms with Crippen LogP contribution in [0.5, 0.6) is 0 Å². The number of hydrogen-bond donors (Lipinski definition) is 3. The quantitative estimate of drug-likeness (QED) is 0.623. The second kappa shape index (κ2) is 4.40. The predicted molar refractivity (Wildman–Crippen MR) is 63.4 cm³/mol. The van der Waals surface area contributed by atoms with Crippen molar-refractivity contribution in [1.82, 2.24) is 5.32 Å². The standard InChI is InChI=1S/C12H26N2O/c1-9(15)14-10-5-11(2,3)7-12(4,6-10)8-13/h9-10,14-15H,5-8,13H2,1-4H3. The van der Waals surface area contributed by atoms with Crippen LogP contribution in [0, 0.1) is 10.8 Å². The molecule has 0 radical (unpaired) electrons. The van der Waals surface area contributed by atoms with Crippen LogP contribution in [0.3, 0.4) is 0 Å². The Morgan fingerprint density at radius 1 is 1.40 bits per heavy atom. The molecule has 0 aromatic carbocycles. The fourth-order valence-electron chi connectivity index (χ4n) is 3.25. The third-order valence-electron chi connectivity index (χ3n) is 3.41. The maximum atomic E-state index is 9.38. The van der Waals surface area contributed by atoms with Crippen molar-refractivity contribution in [3.8, 4) is 0 Å². The molecule has 1 aliphatic carbocycles. The number of hydrogen-bond acceptors (Lipinski definition) is 3. The Bertz CT molecular complexity index is 216. The SMILES string of the molecule is CC(O)NC1CC(C)(C)CC(C)(CN)C1. The van der Waals surface area contributed by atoms with Gasteiger partial charge in [0.1, 0.15) is 6.23 Å². The molecule has 0 amide bonds. The molecule has 1 fully saturated rings. The van der Waals surface area contributed by atoms with Gasteiger partial charge in [-0.1, -0.05) is 20.8 Å². The van der Waals surface area contributed by atoms with E-state index in [0.717, 1.165) is 19.4 Å². The summed E-state index contributed by atoms with van der Waals surface area (Å²) in [5, 5.41) is 12.6. The van der Waals surface area contributed by atoms with Gasteiger partial charge in [0.25, 0.3) is 0 Å². The molecule has 0 aromatic heterocycles. The number of aliphatic hydroxyl groups is 1. The molecular weight excluding hydrogens is 188 g/mol. The lowest BCUT2D eigenvalue weighted by Gasteiger charge is -2.46. The highest BCUT2D eigenvalue weighted by Gasteiger charge is 2.40. The van der Waals surface area contributed by atoms with E-state index in [-0.39, 0.29) is 5.41 Å². The van der Waals surface area contributed by atoms with E-state index in [2.05, 4.69) is 26.1 Å². The summed E-state index contributed by atoms with van der Waals surface area (Å²) in [7, 11) is 0. The number of nitrogens with two attached hydrogens (primary N) is 1. The number of aliphatic hydroxyl groups excluding tert-OH is 1. The van der Waals surface area contributed by atoms with Crippen molar-refractivity contribution in [2.45, 2.75) is 59.2 Å². The summed E-state index contributed by atoms with van der Waals surface area (Å²) in [6.07, 6.45) is 2.94. The lowest BCUT2D eigenvalue weighted by molar-refractivity contribution is 0.0464. The van der Waals surface area contributed by atoms with E-state index in [0.29, 0.717) is 11.5 Å². The van der Waals surface area contributed by atoms with Crippen LogP contribution in [0.25, 0.3) is 0 Å². The Balaban J connectivity index is 2.68. The van der Waals surface area contributed by atoms with Crippen LogP contribution in [-0.4, -0.2) is 23.9 Å². The minimum absolute atomic E-state index is 0.217. The van der Waals surface area contributed by atoms with Crippen LogP contribution in [0.2, 0.25) is 0 Å². The van der Waals surface area contributed by atoms with Gasteiger partial charge in [-0.2, -0.15) is 0 Å². The molecule has 0 aromatic rings. The van der Waals surface area contributed by atoms with Crippen molar-refractivity contribution in [2.75, 3.05) is 6.54 Å². The number of rotatable bonds is 3. The Labute approximate surface area is 93.4 Å². The zero-order valence-corrected chi connectivity index (χ0v) is 10.5. The predicted octanol–water partition coefficient (Wildman–Crippen LogP) is 1.46. The maximum absolute atomic E-state index is 9.38. The fourth-order valence-corrected chi connectivity index (χ4v) is 3.25. The largest absolute Gasteiger partial charge is 0.379 e. The molecule has 0 spiro atoms. The Morgan fingerprint density at radius 3 is 2.47 bits per heavy atom. The van der Waals surface area contributed by atoms with Gasteiger partial charge in [-0.25, -0.2) is 0 Å². The van der Waals surface area contributed by atoms with Gasteiger partial charge in [-0.3, -0.25) is 5.32 Å². The lowest BCUT2D eigenvalue weighted by atomic mass is 9.62. The summed E-state index contributed by atoms with van der Waals surface area (Å²) >= 11 is 0. The minimum atomic E-state index is -0.425. The average Bonchev–Trinajstić information content (AvgIpc) is 1.98. The summed E-state index contributed by atoms with van der Waals surface area (Å²) in [5.41, 5.74) is 6.40. The van der Waals surface area contributed by atoms with Gasteiger partial charge in [0.05, 0.1) is 0 Å². The van der Waals surface area contributed by atoms with Crippen molar-refractivity contribution in [3.63, 3.8) is 0 Å². The van der Waals surface area contributed by atoms with Gasteiger partial charge in [0, 0.05) is 6.04 Å². The van der Waals surface area contributed by atoms with Crippen molar-refractivity contribution in [3.05, 3.63) is 0 Å². The summed E-state index contributed by atoms with van der Waals surface area (Å²) in [6, 6.07) is 0.391. The first-order chi connectivity index (χ1) is 6.76. The van der Waals surface area contributed by atoms with Crippen LogP contribution in [-0.2, 0) is 0 Å². The summed E-state index contributed by atoms with van der Waals surface area (Å²) in [6.45, 7) is 9.34. The Hall–Kier alpha value is -0.120. The summed E-state index contributed by atoms with van der Waals surface area (Å²) in [5.74, 6) is 0. The first-order valence-electron chi connectivity index (χ1n) is 5.91. The van der Waals surface area contributed by atoms with E-state index in [1.165, 1.54) is 6.42 Å². The van der Waals surface area contributed by atoms with Gasteiger partial charge in [-0.05, 0) is 43.6 Å². The summed E-state index contributed by atoms with van der Waals surface area (Å²) in [4.78, 5) is 0. The molecule has 0 saturated heterocycles. The van der Waals surface area contributed by atoms with Gasteiger partial charge < -0.3 is 10.8 Å². The third kappa shape index (κ3) is 3.74. The highest BCUT2D eigenvalue weighted by atomic mass is 16.3. The zero-order valence-electron chi connectivity index (χ0n) is 10.5. The molecule has 1 saturated carbocycles. The second-order valence-electron chi connectivity index (χ2n) is 6.30. The highest BCUT2D eigenvalue weighted by Crippen LogP contribution is 2.45. The monoisotopic (exact) mass is 214 g/mol. The molecule has 90 valence electrons. The molecule has 0 aliphatic heterocycles. The second-order valence-corrected chi connectivity index (χ2v) is 6.30. The molecule has 0 bridgehead atoms. The highest BCUT2D eigenvalue weighted by molar-refractivity contribution is 4.94. The van der Waals surface area contributed by atoms with Crippen molar-refractivity contribution in [1.29, 1.82) is 0 Å². The molecule has 1 aliphatic rings. The van der Waals surface area contributed by atoms with E-state index >= 15 is 0 Å². The molecule has 1 rings (SSSR count). The third-order valence-corrected chi connectivity index (χ3v) is 3.41. The average molecular weight is 214 g/mol. The van der Waals surface area contributed by atoms with Crippen LogP contribution in [0.4, 0.5) is 0 Å². The molecule has 3 heteroatoms. The topological polar surface area (TPSA) is 58.3 Å². The first-order valence-corrected chi connectivity index (χ1v) is 5.91. The molecule has 3 atom stereocenters. The molecule has 3 nitrogen and oxygen atoms in total. The normalized spacial score (nSPS) is 37.6. The van der Waals surface area contributed by atoms with Gasteiger partial charge in [0.15, 0.2) is 0 Å². The number of nitrogens with one attached hydrogen (secondary N) is 1. The molecule has 0 heterocycles. The minimum Gasteiger partial charge on any atom is -0.379 e. The van der Waals surface area contributed by atoms with Crippen LogP contribution >= 0.6 is 0 Å². The van der Waals surface area contributed by atoms with E-state index in [4.69, 9.17) is 5.73 Å². The summed E-state index contributed by atoms with van der Waals surface area (Å²) < 4.78 is 0. The fraction of sp³-hybridized carbons (Fsp3) is 1.00. The van der Waals surface area contributed by atoms with Crippen LogP contribution in [0.1, 0.15) is 47.0 Å². The zero-order chi connectivity index (χ0) is 11.7. The van der Waals surface area contributed by atoms with Crippen LogP contribution in [0.15, 0.2) is 0 Å². The maximum Gasteiger partial charge on any atom is 0.102 e. The smallest absolute Gasteiger partial charge is 0.102 e.